The molecule has 0 amide bonds. The molecule has 1 aromatic carbocycles. The fraction of sp³-hybridized carbons (Fsp3) is 0.500. The summed E-state index contributed by atoms with van der Waals surface area (Å²) in [6.07, 6.45) is 0.00582. The van der Waals surface area contributed by atoms with Gasteiger partial charge in [0.1, 0.15) is 0 Å². The van der Waals surface area contributed by atoms with Crippen molar-refractivity contribution >= 4 is 5.97 Å². The van der Waals surface area contributed by atoms with Crippen LogP contribution in [-0.2, 0) is 11.2 Å². The Bertz CT molecular complexity index is 477. The van der Waals surface area contributed by atoms with Crippen molar-refractivity contribution in [2.45, 2.75) is 27.2 Å². The Morgan fingerprint density at radius 1 is 1.28 bits per heavy atom. The normalized spacial score (nSPS) is 17.1. The zero-order valence-corrected chi connectivity index (χ0v) is 10.9. The van der Waals surface area contributed by atoms with Gasteiger partial charge in [0.05, 0.1) is 19.6 Å². The van der Waals surface area contributed by atoms with Gasteiger partial charge in [-0.2, -0.15) is 0 Å². The van der Waals surface area contributed by atoms with Crippen LogP contribution in [0.4, 0.5) is 0 Å². The minimum atomic E-state index is -0.840. The minimum Gasteiger partial charge on any atom is -0.489 e. The van der Waals surface area contributed by atoms with Crippen molar-refractivity contribution in [1.29, 1.82) is 0 Å². The van der Waals surface area contributed by atoms with Crippen molar-refractivity contribution in [3.63, 3.8) is 0 Å². The van der Waals surface area contributed by atoms with E-state index in [1.165, 1.54) is 0 Å². The molecule has 0 spiro atoms. The number of hydrogen-bond acceptors (Lipinski definition) is 3. The van der Waals surface area contributed by atoms with E-state index in [0.29, 0.717) is 24.7 Å². The van der Waals surface area contributed by atoms with E-state index in [-0.39, 0.29) is 11.8 Å². The van der Waals surface area contributed by atoms with Gasteiger partial charge >= 0.3 is 5.97 Å². The standard InChI is InChI=1S/C14H18O4/c1-9-4-11-12(5-10(9)6-13(15)16)18-8-14(2,3)7-17-11/h4-5H,6-8H2,1-3H3,(H,15,16). The molecule has 0 fully saturated rings. The molecule has 0 unspecified atom stereocenters. The number of rotatable bonds is 2. The lowest BCUT2D eigenvalue weighted by Crippen LogP contribution is -2.26. The second-order valence-corrected chi connectivity index (χ2v) is 5.54. The Morgan fingerprint density at radius 2 is 1.83 bits per heavy atom. The molecule has 1 aliphatic heterocycles. The summed E-state index contributed by atoms with van der Waals surface area (Å²) in [6, 6.07) is 3.63. The van der Waals surface area contributed by atoms with Gasteiger partial charge < -0.3 is 14.6 Å². The smallest absolute Gasteiger partial charge is 0.307 e. The highest BCUT2D eigenvalue weighted by molar-refractivity contribution is 5.71. The molecule has 1 aromatic rings. The molecule has 0 bridgehead atoms. The van der Waals surface area contributed by atoms with Gasteiger partial charge in [0.2, 0.25) is 0 Å². The summed E-state index contributed by atoms with van der Waals surface area (Å²) < 4.78 is 11.5. The SMILES string of the molecule is Cc1cc2c(cc1CC(=O)O)OCC(C)(C)CO2. The average molecular weight is 250 g/mol. The van der Waals surface area contributed by atoms with Crippen molar-refractivity contribution < 1.29 is 19.4 Å². The first-order valence-corrected chi connectivity index (χ1v) is 5.98. The first kappa shape index (κ1) is 12.7. The quantitative estimate of drug-likeness (QED) is 0.875. The fourth-order valence-corrected chi connectivity index (χ4v) is 1.87. The fourth-order valence-electron chi connectivity index (χ4n) is 1.87. The van der Waals surface area contributed by atoms with Gasteiger partial charge in [-0.05, 0) is 30.2 Å². The number of carboxylic acid groups (broad SMARTS) is 1. The molecule has 98 valence electrons. The third-order valence-electron chi connectivity index (χ3n) is 2.98. The second kappa shape index (κ2) is 4.52. The highest BCUT2D eigenvalue weighted by atomic mass is 16.5. The zero-order chi connectivity index (χ0) is 13.3. The molecule has 0 aliphatic carbocycles. The average Bonchev–Trinajstić information content (AvgIpc) is 2.39. The number of benzene rings is 1. The van der Waals surface area contributed by atoms with Gasteiger partial charge in [-0.25, -0.2) is 0 Å². The Kier molecular flexibility index (Phi) is 3.20. The van der Waals surface area contributed by atoms with Crippen LogP contribution >= 0.6 is 0 Å². The maximum Gasteiger partial charge on any atom is 0.307 e. The first-order valence-electron chi connectivity index (χ1n) is 5.98. The molecule has 0 atom stereocenters. The van der Waals surface area contributed by atoms with Gasteiger partial charge in [0, 0.05) is 5.41 Å². The van der Waals surface area contributed by atoms with Crippen LogP contribution in [0.3, 0.4) is 0 Å². The number of fused-ring (bicyclic) bond motifs is 1. The Balaban J connectivity index is 2.32. The summed E-state index contributed by atoms with van der Waals surface area (Å²) in [4.78, 5) is 10.8. The molecular weight excluding hydrogens is 232 g/mol. The lowest BCUT2D eigenvalue weighted by molar-refractivity contribution is -0.136. The molecule has 4 nitrogen and oxygen atoms in total. The van der Waals surface area contributed by atoms with Crippen molar-refractivity contribution in [3.05, 3.63) is 23.3 Å². The van der Waals surface area contributed by atoms with Crippen molar-refractivity contribution in [1.82, 2.24) is 0 Å². The molecule has 4 heteroatoms. The molecule has 1 heterocycles. The van der Waals surface area contributed by atoms with E-state index in [4.69, 9.17) is 14.6 Å². The van der Waals surface area contributed by atoms with E-state index < -0.39 is 5.97 Å². The van der Waals surface area contributed by atoms with Crippen LogP contribution in [0.1, 0.15) is 25.0 Å². The van der Waals surface area contributed by atoms with Gasteiger partial charge in [-0.15, -0.1) is 0 Å². The second-order valence-electron chi connectivity index (χ2n) is 5.54. The van der Waals surface area contributed by atoms with E-state index in [1.54, 1.807) is 6.07 Å². The number of carboxylic acids is 1. The number of aliphatic carboxylic acids is 1. The largest absolute Gasteiger partial charge is 0.489 e. The summed E-state index contributed by atoms with van der Waals surface area (Å²) in [6.45, 7) is 7.19. The van der Waals surface area contributed by atoms with Crippen LogP contribution < -0.4 is 9.47 Å². The maximum absolute atomic E-state index is 10.8. The molecule has 18 heavy (non-hydrogen) atoms. The van der Waals surface area contributed by atoms with Crippen molar-refractivity contribution in [2.75, 3.05) is 13.2 Å². The maximum atomic E-state index is 10.8. The third kappa shape index (κ3) is 2.75. The molecule has 0 saturated heterocycles. The van der Waals surface area contributed by atoms with Crippen molar-refractivity contribution in [2.24, 2.45) is 5.41 Å². The van der Waals surface area contributed by atoms with E-state index in [2.05, 4.69) is 13.8 Å². The third-order valence-corrected chi connectivity index (χ3v) is 2.98. The van der Waals surface area contributed by atoms with Crippen LogP contribution in [0, 0.1) is 12.3 Å². The molecule has 0 radical (unpaired) electrons. The van der Waals surface area contributed by atoms with Crippen LogP contribution in [0.15, 0.2) is 12.1 Å². The predicted octanol–water partition coefficient (Wildman–Crippen LogP) is 2.42. The Labute approximate surface area is 107 Å². The minimum absolute atomic E-state index is 0.00582. The molecule has 1 N–H and O–H groups in total. The van der Waals surface area contributed by atoms with Crippen LogP contribution in [0.2, 0.25) is 0 Å². The summed E-state index contributed by atoms with van der Waals surface area (Å²) >= 11 is 0. The van der Waals surface area contributed by atoms with E-state index >= 15 is 0 Å². The van der Waals surface area contributed by atoms with Crippen molar-refractivity contribution in [3.8, 4) is 11.5 Å². The molecule has 0 aromatic heterocycles. The van der Waals surface area contributed by atoms with Crippen LogP contribution in [0.25, 0.3) is 0 Å². The number of hydrogen-bond donors (Lipinski definition) is 1. The van der Waals surface area contributed by atoms with E-state index in [1.807, 2.05) is 13.0 Å². The molecule has 2 rings (SSSR count). The lowest BCUT2D eigenvalue weighted by atomic mass is 9.97. The highest BCUT2D eigenvalue weighted by Crippen LogP contribution is 2.36. The summed E-state index contributed by atoms with van der Waals surface area (Å²) in [5.41, 5.74) is 1.64. The topological polar surface area (TPSA) is 55.8 Å². The van der Waals surface area contributed by atoms with Gasteiger partial charge in [-0.1, -0.05) is 13.8 Å². The number of aryl methyl sites for hydroxylation is 1. The Hall–Kier alpha value is -1.71. The monoisotopic (exact) mass is 250 g/mol. The molecule has 1 aliphatic rings. The summed E-state index contributed by atoms with van der Waals surface area (Å²) in [7, 11) is 0. The lowest BCUT2D eigenvalue weighted by Gasteiger charge is -2.19. The molecule has 0 saturated carbocycles. The summed E-state index contributed by atoms with van der Waals surface area (Å²) in [5, 5.41) is 8.86. The van der Waals surface area contributed by atoms with E-state index in [0.717, 1.165) is 11.1 Å². The Morgan fingerprint density at radius 3 is 2.39 bits per heavy atom. The summed E-state index contributed by atoms with van der Waals surface area (Å²) in [5.74, 6) is 0.502. The van der Waals surface area contributed by atoms with Crippen LogP contribution in [0.5, 0.6) is 11.5 Å². The highest BCUT2D eigenvalue weighted by Gasteiger charge is 2.25. The number of ether oxygens (including phenoxy) is 2. The first-order chi connectivity index (χ1) is 8.37. The van der Waals surface area contributed by atoms with Gasteiger partial charge in [0.15, 0.2) is 11.5 Å². The predicted molar refractivity (Wildman–Crippen MR) is 67.3 cm³/mol. The van der Waals surface area contributed by atoms with Gasteiger partial charge in [0.25, 0.3) is 0 Å². The van der Waals surface area contributed by atoms with E-state index in [9.17, 15) is 4.79 Å². The van der Waals surface area contributed by atoms with Crippen LogP contribution in [-0.4, -0.2) is 24.3 Å². The number of carbonyl (C=O) groups is 1. The zero-order valence-electron chi connectivity index (χ0n) is 10.9. The molecular formula is C14H18O4. The van der Waals surface area contributed by atoms with Gasteiger partial charge in [-0.3, -0.25) is 4.79 Å².